The van der Waals surface area contributed by atoms with Gasteiger partial charge < -0.3 is 39.4 Å². The number of nitrogens with zero attached hydrogens (tertiary/aromatic N) is 2. The monoisotopic (exact) mass is 1050 g/mol. The molecule has 3 aliphatic rings. The molecule has 0 saturated carbocycles. The summed E-state index contributed by atoms with van der Waals surface area (Å²) in [5, 5.41) is 9.92. The molecule has 3 heterocycles. The molecule has 0 amide bonds. The number of benzene rings is 4. The fourth-order valence-corrected chi connectivity index (χ4v) is 10.4. The Kier molecular flexibility index (Phi) is 24.4. The van der Waals surface area contributed by atoms with Gasteiger partial charge in [-0.2, -0.15) is 8.61 Å². The van der Waals surface area contributed by atoms with E-state index in [0.717, 1.165) is 25.0 Å². The minimum atomic E-state index is -3.53. The molecule has 1 N–H and O–H groups in total. The van der Waals surface area contributed by atoms with Crippen molar-refractivity contribution in [2.75, 3.05) is 39.4 Å². The van der Waals surface area contributed by atoms with E-state index in [-0.39, 0.29) is 60.5 Å². The fraction of sp³-hybridized carbons (Fsp3) is 0.500. The fourth-order valence-electron chi connectivity index (χ4n) is 7.45. The van der Waals surface area contributed by atoms with Gasteiger partial charge in [0.15, 0.2) is 0 Å². The Balaban J connectivity index is 0.000000632. The number of rotatable bonds is 16. The predicted molar refractivity (Wildman–Crippen MR) is 278 cm³/mol. The first-order valence-corrected chi connectivity index (χ1v) is 26.5. The molecule has 0 atom stereocenters. The molecule has 3 aliphatic heterocycles. The van der Waals surface area contributed by atoms with Crippen LogP contribution in [0.15, 0.2) is 94.7 Å². The summed E-state index contributed by atoms with van der Waals surface area (Å²) in [5.41, 5.74) is 0.439. The molecule has 72 heavy (non-hydrogen) atoms. The molecule has 0 aliphatic carbocycles. The second-order valence-corrected chi connectivity index (χ2v) is 22.6. The van der Waals surface area contributed by atoms with E-state index >= 15 is 0 Å². The molecule has 0 spiro atoms. The number of sulfonamides is 2. The summed E-state index contributed by atoms with van der Waals surface area (Å²) in [5.74, 6) is 1.93. The summed E-state index contributed by atoms with van der Waals surface area (Å²) in [6, 6.07) is 23.0. The van der Waals surface area contributed by atoms with Crippen LogP contribution >= 0.6 is 0 Å². The molecule has 0 aromatic heterocycles. The average molecular weight is 1050 g/mol. The van der Waals surface area contributed by atoms with Crippen molar-refractivity contribution in [3.05, 3.63) is 96.1 Å². The Hall–Kier alpha value is -3.15. The number of ether oxygens (including phenoxy) is 3. The molecule has 7 rings (SSSR count). The van der Waals surface area contributed by atoms with Crippen LogP contribution in [-0.4, -0.2) is 121 Å². The Bertz CT molecular complexity index is 2550. The van der Waals surface area contributed by atoms with Crippen LogP contribution in [0, 0.1) is 0 Å². The standard InChI is InChI=1S/C23H32BNO6S.C23H30BNO6S.C4H8O.B.FH.Na.H/c2*1-7-25(8-2)32(27,28)20-12-9-18(10-13-20)29-19-11-14-21(17(15-19)16-26)24-30-22(3,4)23(5,6)31-24;1-2-4-5-3-1;;;;/h9-15,26H,7-8,16H2,1-6H3;9-16H,7-8H2,1-6H3;1-4H2;;1H;;/q;;;;;+1;-1. The van der Waals surface area contributed by atoms with E-state index in [0.29, 0.717) is 65.8 Å². The SMILES string of the molecule is C1CCOC1.CCN(CC)S(=O)(=O)c1ccc(Oc2ccc(B3OC(C)(C)C(C)(C)O3)c(C=O)c2)cc1.CCN(CC)S(=O)(=O)c1ccc(Oc2ccc(B3OC(C)(C)C(C)(C)O3)c(CO)c2)cc1.F.[B].[H-].[Na+]. The van der Waals surface area contributed by atoms with Gasteiger partial charge in [-0.25, -0.2) is 16.8 Å². The molecule has 4 aromatic rings. The van der Waals surface area contributed by atoms with Crippen LogP contribution in [0.4, 0.5) is 4.70 Å². The first kappa shape index (κ1) is 65.0. The largest absolute Gasteiger partial charge is 1.00 e. The number of aliphatic hydroxyl groups excluding tert-OH is 1. The second kappa shape index (κ2) is 27.1. The van der Waals surface area contributed by atoms with Crippen LogP contribution in [0.25, 0.3) is 0 Å². The van der Waals surface area contributed by atoms with E-state index in [2.05, 4.69) is 0 Å². The van der Waals surface area contributed by atoms with Crippen molar-refractivity contribution in [3.63, 3.8) is 0 Å². The normalized spacial score (nSPS) is 17.3. The second-order valence-electron chi connectivity index (χ2n) is 18.7. The summed E-state index contributed by atoms with van der Waals surface area (Å²) < 4.78 is 94.3. The zero-order valence-electron chi connectivity index (χ0n) is 45.2. The summed E-state index contributed by atoms with van der Waals surface area (Å²) in [4.78, 5) is 12.2. The first-order chi connectivity index (χ1) is 32.4. The molecule has 3 saturated heterocycles. The van der Waals surface area contributed by atoms with Gasteiger partial charge in [-0.15, -0.1) is 0 Å². The molecule has 3 radical (unpaired) electrons. The zero-order chi connectivity index (χ0) is 51.0. The summed E-state index contributed by atoms with van der Waals surface area (Å²) >= 11 is 0. The first-order valence-electron chi connectivity index (χ1n) is 23.6. The summed E-state index contributed by atoms with van der Waals surface area (Å²) in [6.07, 6.45) is 3.30. The maximum Gasteiger partial charge on any atom is 1.00 e. The molecule has 389 valence electrons. The predicted octanol–water partition coefficient (Wildman–Crippen LogP) is 4.61. The van der Waals surface area contributed by atoms with E-state index in [1.54, 1.807) is 68.4 Å². The van der Waals surface area contributed by atoms with E-state index in [1.165, 1.54) is 45.7 Å². The Labute approximate surface area is 454 Å². The number of hydrogen-bond donors (Lipinski definition) is 1. The summed E-state index contributed by atoms with van der Waals surface area (Å²) in [7, 11) is -8.29. The van der Waals surface area contributed by atoms with Crippen LogP contribution in [0.5, 0.6) is 23.0 Å². The van der Waals surface area contributed by atoms with Crippen molar-refractivity contribution in [2.45, 2.75) is 135 Å². The van der Waals surface area contributed by atoms with Gasteiger partial charge in [-0.1, -0.05) is 39.8 Å². The molecule has 0 unspecified atom stereocenters. The van der Waals surface area contributed by atoms with Crippen LogP contribution < -0.4 is 50.0 Å². The van der Waals surface area contributed by atoms with Crippen LogP contribution in [0.2, 0.25) is 0 Å². The molecular weight excluding hydrogens is 975 g/mol. The smallest absolute Gasteiger partial charge is 1.00 e. The van der Waals surface area contributed by atoms with Crippen molar-refractivity contribution in [3.8, 4) is 23.0 Å². The molecule has 15 nitrogen and oxygen atoms in total. The van der Waals surface area contributed by atoms with Gasteiger partial charge in [-0.05, 0) is 158 Å². The Morgan fingerprint density at radius 2 is 0.917 bits per heavy atom. The maximum absolute atomic E-state index is 12.6. The van der Waals surface area contributed by atoms with E-state index in [1.807, 2.05) is 75.3 Å². The van der Waals surface area contributed by atoms with Gasteiger partial charge >= 0.3 is 43.8 Å². The van der Waals surface area contributed by atoms with Gasteiger partial charge in [0.25, 0.3) is 0 Å². The van der Waals surface area contributed by atoms with Gasteiger partial charge in [0.05, 0.1) is 38.8 Å². The third-order valence-electron chi connectivity index (χ3n) is 13.1. The Morgan fingerprint density at radius 3 is 1.24 bits per heavy atom. The number of halogens is 1. The number of aldehydes is 1. The van der Waals surface area contributed by atoms with Crippen molar-refractivity contribution < 1.29 is 95.3 Å². The minimum Gasteiger partial charge on any atom is -1.00 e. The molecular formula is C50H72B3FN2NaO13S2. The number of aliphatic hydroxyl groups is 1. The van der Waals surface area contributed by atoms with Crippen LogP contribution in [-0.2, 0) is 50.0 Å². The Morgan fingerprint density at radius 1 is 0.583 bits per heavy atom. The summed E-state index contributed by atoms with van der Waals surface area (Å²) in [6.45, 7) is 26.4. The maximum atomic E-state index is 12.6. The van der Waals surface area contributed by atoms with Crippen LogP contribution in [0.3, 0.4) is 0 Å². The topological polar surface area (TPSA) is 177 Å². The van der Waals surface area contributed by atoms with Crippen molar-refractivity contribution in [1.82, 2.24) is 8.61 Å². The van der Waals surface area contributed by atoms with Gasteiger partial charge in [0.1, 0.15) is 29.3 Å². The number of carbonyl (C=O) groups excluding carboxylic acids is 1. The molecule has 22 heteroatoms. The zero-order valence-corrected chi connectivity index (χ0v) is 47.9. The quantitative estimate of drug-likeness (QED) is 0.122. The number of hydrogen-bond acceptors (Lipinski definition) is 13. The van der Waals surface area contributed by atoms with E-state index < -0.39 is 56.7 Å². The van der Waals surface area contributed by atoms with Crippen molar-refractivity contribution in [2.24, 2.45) is 0 Å². The van der Waals surface area contributed by atoms with E-state index in [4.69, 9.17) is 32.8 Å². The van der Waals surface area contributed by atoms with Crippen molar-refractivity contribution >= 4 is 59.9 Å². The third-order valence-corrected chi connectivity index (χ3v) is 17.2. The molecule has 0 bridgehead atoms. The molecule has 4 aromatic carbocycles. The van der Waals surface area contributed by atoms with Gasteiger partial charge in [0, 0.05) is 53.4 Å². The van der Waals surface area contributed by atoms with Crippen molar-refractivity contribution in [1.29, 1.82) is 0 Å². The average Bonchev–Trinajstić information content (AvgIpc) is 4.01. The minimum absolute atomic E-state index is 0. The number of carbonyl (C=O) groups is 1. The van der Waals surface area contributed by atoms with Crippen LogP contribution in [0.1, 0.15) is 113 Å². The molecule has 3 fully saturated rings. The third kappa shape index (κ3) is 15.3. The van der Waals surface area contributed by atoms with E-state index in [9.17, 15) is 26.7 Å². The van der Waals surface area contributed by atoms with Gasteiger partial charge in [-0.3, -0.25) is 9.50 Å². The van der Waals surface area contributed by atoms with Gasteiger partial charge in [0.2, 0.25) is 20.0 Å².